The largest absolute Gasteiger partial charge is 0.324 e. The molecule has 0 atom stereocenters. The standard InChI is InChI=1S/C12H16N2O/c1-3-13-8-9-14(12(13)15)11-6-4-10(2)5-7-11/h4-7H,3,8-9H2,1-2H3. The van der Waals surface area contributed by atoms with Crippen LogP contribution < -0.4 is 4.90 Å². The fourth-order valence-corrected chi connectivity index (χ4v) is 1.84. The Labute approximate surface area is 90.3 Å². The fraction of sp³-hybridized carbons (Fsp3) is 0.417. The molecule has 1 aliphatic rings. The van der Waals surface area contributed by atoms with E-state index in [1.54, 1.807) is 0 Å². The molecule has 3 heteroatoms. The van der Waals surface area contributed by atoms with Crippen LogP contribution in [0, 0.1) is 6.92 Å². The van der Waals surface area contributed by atoms with Crippen molar-refractivity contribution < 1.29 is 4.79 Å². The van der Waals surface area contributed by atoms with Gasteiger partial charge in [0.15, 0.2) is 0 Å². The van der Waals surface area contributed by atoms with Gasteiger partial charge in [0.05, 0.1) is 0 Å². The van der Waals surface area contributed by atoms with Crippen molar-refractivity contribution in [3.05, 3.63) is 29.8 Å². The van der Waals surface area contributed by atoms with E-state index >= 15 is 0 Å². The summed E-state index contributed by atoms with van der Waals surface area (Å²) < 4.78 is 0. The average Bonchev–Trinajstić information content (AvgIpc) is 2.61. The Morgan fingerprint density at radius 3 is 2.40 bits per heavy atom. The molecule has 1 saturated heterocycles. The van der Waals surface area contributed by atoms with Gasteiger partial charge >= 0.3 is 6.03 Å². The predicted molar refractivity (Wildman–Crippen MR) is 61.2 cm³/mol. The second-order valence-electron chi connectivity index (χ2n) is 3.85. The zero-order valence-corrected chi connectivity index (χ0v) is 9.23. The van der Waals surface area contributed by atoms with Crippen molar-refractivity contribution in [2.45, 2.75) is 13.8 Å². The van der Waals surface area contributed by atoms with Crippen LogP contribution in [-0.2, 0) is 0 Å². The molecular formula is C12H16N2O. The molecule has 1 aromatic rings. The molecule has 1 heterocycles. The third-order valence-electron chi connectivity index (χ3n) is 2.82. The van der Waals surface area contributed by atoms with Gasteiger partial charge in [0, 0.05) is 25.3 Å². The molecule has 15 heavy (non-hydrogen) atoms. The Kier molecular flexibility index (Phi) is 2.62. The molecule has 2 rings (SSSR count). The summed E-state index contributed by atoms with van der Waals surface area (Å²) in [5, 5.41) is 0. The van der Waals surface area contributed by atoms with E-state index in [0.717, 1.165) is 25.3 Å². The maximum Gasteiger partial charge on any atom is 0.324 e. The molecule has 0 saturated carbocycles. The molecule has 0 aromatic heterocycles. The van der Waals surface area contributed by atoms with Crippen molar-refractivity contribution >= 4 is 11.7 Å². The first-order valence-corrected chi connectivity index (χ1v) is 5.35. The van der Waals surface area contributed by atoms with Gasteiger partial charge in [0.2, 0.25) is 0 Å². The normalized spacial score (nSPS) is 16.3. The number of carbonyl (C=O) groups excluding carboxylic acids is 1. The van der Waals surface area contributed by atoms with Gasteiger partial charge in [-0.1, -0.05) is 17.7 Å². The van der Waals surface area contributed by atoms with Crippen molar-refractivity contribution in [3.63, 3.8) is 0 Å². The van der Waals surface area contributed by atoms with Gasteiger partial charge in [0.1, 0.15) is 0 Å². The van der Waals surface area contributed by atoms with Crippen molar-refractivity contribution in [2.24, 2.45) is 0 Å². The van der Waals surface area contributed by atoms with Gasteiger partial charge in [-0.05, 0) is 26.0 Å². The maximum absolute atomic E-state index is 11.9. The minimum atomic E-state index is 0.126. The van der Waals surface area contributed by atoms with Crippen molar-refractivity contribution in [1.29, 1.82) is 0 Å². The molecule has 0 bridgehead atoms. The van der Waals surface area contributed by atoms with Crippen LogP contribution in [0.25, 0.3) is 0 Å². The van der Waals surface area contributed by atoms with E-state index in [-0.39, 0.29) is 6.03 Å². The second-order valence-corrected chi connectivity index (χ2v) is 3.85. The van der Waals surface area contributed by atoms with Gasteiger partial charge in [-0.2, -0.15) is 0 Å². The fourth-order valence-electron chi connectivity index (χ4n) is 1.84. The van der Waals surface area contributed by atoms with Crippen LogP contribution in [-0.4, -0.2) is 30.6 Å². The number of amides is 2. The first-order valence-electron chi connectivity index (χ1n) is 5.35. The molecule has 2 amide bonds. The number of carbonyl (C=O) groups is 1. The Balaban J connectivity index is 2.19. The summed E-state index contributed by atoms with van der Waals surface area (Å²) in [6.07, 6.45) is 0. The van der Waals surface area contributed by atoms with Gasteiger partial charge in [-0.15, -0.1) is 0 Å². The highest BCUT2D eigenvalue weighted by atomic mass is 16.2. The minimum absolute atomic E-state index is 0.126. The van der Waals surface area contributed by atoms with Crippen LogP contribution in [0.5, 0.6) is 0 Å². The number of hydrogen-bond donors (Lipinski definition) is 0. The quantitative estimate of drug-likeness (QED) is 0.724. The predicted octanol–water partition coefficient (Wildman–Crippen LogP) is 2.26. The Morgan fingerprint density at radius 2 is 1.87 bits per heavy atom. The van der Waals surface area contributed by atoms with Crippen LogP contribution in [0.2, 0.25) is 0 Å². The molecular weight excluding hydrogens is 188 g/mol. The number of benzene rings is 1. The second kappa shape index (κ2) is 3.93. The van der Waals surface area contributed by atoms with Crippen molar-refractivity contribution in [1.82, 2.24) is 4.90 Å². The highest BCUT2D eigenvalue weighted by Crippen LogP contribution is 2.20. The first kappa shape index (κ1) is 10.0. The zero-order valence-electron chi connectivity index (χ0n) is 9.23. The van der Waals surface area contributed by atoms with Crippen molar-refractivity contribution in [2.75, 3.05) is 24.5 Å². The van der Waals surface area contributed by atoms with E-state index in [4.69, 9.17) is 0 Å². The van der Waals surface area contributed by atoms with E-state index in [0.29, 0.717) is 0 Å². The minimum Gasteiger partial charge on any atom is -0.323 e. The first-order chi connectivity index (χ1) is 7.22. The number of rotatable bonds is 2. The highest BCUT2D eigenvalue weighted by molar-refractivity contribution is 5.94. The summed E-state index contributed by atoms with van der Waals surface area (Å²) >= 11 is 0. The van der Waals surface area contributed by atoms with Gasteiger partial charge < -0.3 is 4.90 Å². The Hall–Kier alpha value is -1.51. The Morgan fingerprint density at radius 1 is 1.20 bits per heavy atom. The lowest BCUT2D eigenvalue weighted by Gasteiger charge is -2.17. The molecule has 0 aliphatic carbocycles. The molecule has 1 fully saturated rings. The number of anilines is 1. The van der Waals surface area contributed by atoms with Gasteiger partial charge in [0.25, 0.3) is 0 Å². The lowest BCUT2D eigenvalue weighted by molar-refractivity contribution is 0.223. The van der Waals surface area contributed by atoms with E-state index in [9.17, 15) is 4.79 Å². The maximum atomic E-state index is 11.9. The molecule has 1 aliphatic heterocycles. The lowest BCUT2D eigenvalue weighted by Crippen LogP contribution is -2.31. The third-order valence-corrected chi connectivity index (χ3v) is 2.82. The lowest BCUT2D eigenvalue weighted by atomic mass is 10.2. The van der Waals surface area contributed by atoms with Gasteiger partial charge in [-0.25, -0.2) is 4.79 Å². The van der Waals surface area contributed by atoms with Crippen LogP contribution in [0.15, 0.2) is 24.3 Å². The third kappa shape index (κ3) is 1.82. The number of urea groups is 1. The highest BCUT2D eigenvalue weighted by Gasteiger charge is 2.27. The van der Waals surface area contributed by atoms with E-state index in [1.807, 2.05) is 47.9 Å². The molecule has 3 nitrogen and oxygen atoms in total. The molecule has 80 valence electrons. The summed E-state index contributed by atoms with van der Waals surface area (Å²) in [5.74, 6) is 0. The number of likely N-dealkylation sites (N-methyl/N-ethyl adjacent to an activating group) is 1. The zero-order chi connectivity index (χ0) is 10.8. The average molecular weight is 204 g/mol. The van der Waals surface area contributed by atoms with Gasteiger partial charge in [-0.3, -0.25) is 4.90 Å². The summed E-state index contributed by atoms with van der Waals surface area (Å²) in [7, 11) is 0. The summed E-state index contributed by atoms with van der Waals surface area (Å²) in [6.45, 7) is 6.49. The van der Waals surface area contributed by atoms with E-state index < -0.39 is 0 Å². The summed E-state index contributed by atoms with van der Waals surface area (Å²) in [4.78, 5) is 15.6. The topological polar surface area (TPSA) is 23.6 Å². The molecule has 1 aromatic carbocycles. The molecule has 0 unspecified atom stereocenters. The van der Waals surface area contributed by atoms with E-state index in [2.05, 4.69) is 0 Å². The van der Waals surface area contributed by atoms with Crippen LogP contribution in [0.3, 0.4) is 0 Å². The van der Waals surface area contributed by atoms with Crippen LogP contribution in [0.4, 0.5) is 10.5 Å². The number of nitrogens with zero attached hydrogens (tertiary/aromatic N) is 2. The number of aryl methyl sites for hydroxylation is 1. The van der Waals surface area contributed by atoms with Crippen LogP contribution in [0.1, 0.15) is 12.5 Å². The van der Waals surface area contributed by atoms with Crippen LogP contribution >= 0.6 is 0 Å². The molecule has 0 N–H and O–H groups in total. The summed E-state index contributed by atoms with van der Waals surface area (Å²) in [5.41, 5.74) is 2.22. The number of hydrogen-bond acceptors (Lipinski definition) is 1. The van der Waals surface area contributed by atoms with E-state index in [1.165, 1.54) is 5.56 Å². The Bertz CT molecular complexity index is 358. The monoisotopic (exact) mass is 204 g/mol. The summed E-state index contributed by atoms with van der Waals surface area (Å²) in [6, 6.07) is 8.22. The molecule has 0 radical (unpaired) electrons. The smallest absolute Gasteiger partial charge is 0.323 e. The molecule has 0 spiro atoms. The SMILES string of the molecule is CCN1CCN(c2ccc(C)cc2)C1=O. The van der Waals surface area contributed by atoms with Crippen molar-refractivity contribution in [3.8, 4) is 0 Å².